The van der Waals surface area contributed by atoms with E-state index in [1.165, 1.54) is 0 Å². The molecule has 4 N–H and O–H groups in total. The molecule has 6 heteroatoms. The molecular formula is C9H12BrClN4. The fraction of sp³-hybridized carbons (Fsp3) is 0.222. The molecule has 0 amide bonds. The summed E-state index contributed by atoms with van der Waals surface area (Å²) in [6.45, 7) is 2.58. The first-order chi connectivity index (χ1) is 7.17. The predicted octanol–water partition coefficient (Wildman–Crippen LogP) is 2.35. The van der Waals surface area contributed by atoms with Gasteiger partial charge in [-0.15, -0.1) is 0 Å². The number of anilines is 1. The first kappa shape index (κ1) is 12.3. The van der Waals surface area contributed by atoms with Crippen LogP contribution in [0.25, 0.3) is 0 Å². The van der Waals surface area contributed by atoms with Crippen LogP contribution in [-0.4, -0.2) is 12.5 Å². The number of halogens is 2. The van der Waals surface area contributed by atoms with Gasteiger partial charge in [0.2, 0.25) is 5.96 Å². The lowest BCUT2D eigenvalue weighted by molar-refractivity contribution is 0.986. The summed E-state index contributed by atoms with van der Waals surface area (Å²) < 4.78 is 0.856. The summed E-state index contributed by atoms with van der Waals surface area (Å²) in [5.74, 6) is 5.82. The molecule has 0 radical (unpaired) electrons. The number of benzene rings is 1. The average molecular weight is 292 g/mol. The van der Waals surface area contributed by atoms with Crippen molar-refractivity contribution < 1.29 is 0 Å². The molecule has 0 heterocycles. The second-order valence-electron chi connectivity index (χ2n) is 2.72. The molecule has 1 rings (SSSR count). The molecule has 0 fully saturated rings. The highest BCUT2D eigenvalue weighted by molar-refractivity contribution is 9.10. The van der Waals surface area contributed by atoms with Crippen molar-refractivity contribution in [1.29, 1.82) is 0 Å². The summed E-state index contributed by atoms with van der Waals surface area (Å²) in [5.41, 5.74) is 3.33. The van der Waals surface area contributed by atoms with E-state index in [2.05, 4.69) is 31.7 Å². The zero-order chi connectivity index (χ0) is 11.3. The summed E-state index contributed by atoms with van der Waals surface area (Å²) in [4.78, 5) is 4.12. The Kier molecular flexibility index (Phi) is 4.87. The molecule has 82 valence electrons. The summed E-state index contributed by atoms with van der Waals surface area (Å²) in [7, 11) is 0. The molecule has 0 aromatic heterocycles. The van der Waals surface area contributed by atoms with Crippen molar-refractivity contribution in [3.8, 4) is 0 Å². The lowest BCUT2D eigenvalue weighted by Gasteiger charge is -2.10. The number of hydrazine groups is 1. The summed E-state index contributed by atoms with van der Waals surface area (Å²) in [6, 6.07) is 5.42. The van der Waals surface area contributed by atoms with Gasteiger partial charge in [-0.2, -0.15) is 0 Å². The van der Waals surface area contributed by atoms with Crippen molar-refractivity contribution in [2.45, 2.75) is 6.92 Å². The van der Waals surface area contributed by atoms with E-state index in [-0.39, 0.29) is 0 Å². The number of aliphatic imine (C=N–C) groups is 1. The number of hydrogen-bond acceptors (Lipinski definition) is 2. The molecule has 0 aliphatic carbocycles. The highest BCUT2D eigenvalue weighted by atomic mass is 79.9. The third-order valence-corrected chi connectivity index (χ3v) is 2.53. The lowest BCUT2D eigenvalue weighted by atomic mass is 10.3. The molecule has 4 nitrogen and oxygen atoms in total. The number of nitrogens with zero attached hydrogens (tertiary/aromatic N) is 1. The minimum absolute atomic E-state index is 0.514. The molecule has 0 atom stereocenters. The van der Waals surface area contributed by atoms with Gasteiger partial charge in [0.15, 0.2) is 0 Å². The Morgan fingerprint density at radius 3 is 2.87 bits per heavy atom. The van der Waals surface area contributed by atoms with Crippen molar-refractivity contribution in [1.82, 2.24) is 5.43 Å². The minimum Gasteiger partial charge on any atom is -0.324 e. The molecule has 0 saturated carbocycles. The van der Waals surface area contributed by atoms with Crippen molar-refractivity contribution in [2.75, 3.05) is 11.9 Å². The van der Waals surface area contributed by atoms with Gasteiger partial charge in [-0.05, 0) is 41.1 Å². The van der Waals surface area contributed by atoms with E-state index >= 15 is 0 Å². The van der Waals surface area contributed by atoms with E-state index in [1.54, 1.807) is 12.1 Å². The lowest BCUT2D eigenvalue weighted by Crippen LogP contribution is -2.36. The first-order valence-corrected chi connectivity index (χ1v) is 5.57. The first-order valence-electron chi connectivity index (χ1n) is 4.40. The highest BCUT2D eigenvalue weighted by Gasteiger charge is 2.02. The summed E-state index contributed by atoms with van der Waals surface area (Å²) >= 11 is 9.21. The van der Waals surface area contributed by atoms with Crippen LogP contribution in [0.5, 0.6) is 0 Å². The Hall–Kier alpha value is -0.780. The van der Waals surface area contributed by atoms with Crippen molar-refractivity contribution >= 4 is 39.2 Å². The normalized spacial score (nSPS) is 11.3. The predicted molar refractivity (Wildman–Crippen MR) is 68.1 cm³/mol. The maximum atomic E-state index is 5.82. The van der Waals surface area contributed by atoms with E-state index in [1.807, 2.05) is 13.0 Å². The van der Waals surface area contributed by atoms with Crippen LogP contribution in [0.2, 0.25) is 5.02 Å². The zero-order valence-corrected chi connectivity index (χ0v) is 10.6. The fourth-order valence-electron chi connectivity index (χ4n) is 0.998. The van der Waals surface area contributed by atoms with Crippen molar-refractivity contribution in [2.24, 2.45) is 10.8 Å². The molecule has 15 heavy (non-hydrogen) atoms. The molecule has 1 aromatic carbocycles. The number of nitrogens with one attached hydrogen (secondary N) is 2. The molecule has 0 spiro atoms. The second kappa shape index (κ2) is 5.95. The van der Waals surface area contributed by atoms with Crippen LogP contribution < -0.4 is 16.6 Å². The van der Waals surface area contributed by atoms with Gasteiger partial charge in [0, 0.05) is 16.0 Å². The Morgan fingerprint density at radius 2 is 2.33 bits per heavy atom. The Labute approximate surface area is 102 Å². The largest absolute Gasteiger partial charge is 0.324 e. The van der Waals surface area contributed by atoms with Crippen LogP contribution >= 0.6 is 27.5 Å². The third-order valence-electron chi connectivity index (χ3n) is 1.64. The van der Waals surface area contributed by atoms with Gasteiger partial charge in [-0.1, -0.05) is 11.6 Å². The topological polar surface area (TPSA) is 62.4 Å². The number of hydrogen-bond donors (Lipinski definition) is 3. The van der Waals surface area contributed by atoms with Crippen LogP contribution in [0.3, 0.4) is 0 Å². The maximum Gasteiger partial charge on any atom is 0.210 e. The summed E-state index contributed by atoms with van der Waals surface area (Å²) in [5, 5.41) is 3.70. The van der Waals surface area contributed by atoms with Gasteiger partial charge in [0.25, 0.3) is 0 Å². The van der Waals surface area contributed by atoms with E-state index in [0.717, 1.165) is 10.2 Å². The molecule has 0 saturated heterocycles. The SMILES string of the molecule is CCN=C(NN)Nc1ccc(Cl)cc1Br. The number of nitrogens with two attached hydrogens (primary N) is 1. The quantitative estimate of drug-likeness (QED) is 0.339. The van der Waals surface area contributed by atoms with Crippen LogP contribution in [0, 0.1) is 0 Å². The van der Waals surface area contributed by atoms with Crippen molar-refractivity contribution in [3.63, 3.8) is 0 Å². The standard InChI is InChI=1S/C9H12BrClN4/c1-2-13-9(15-12)14-8-4-3-6(11)5-7(8)10/h3-5H,2,12H2,1H3,(H2,13,14,15). The van der Waals surface area contributed by atoms with Gasteiger partial charge >= 0.3 is 0 Å². The maximum absolute atomic E-state index is 5.82. The monoisotopic (exact) mass is 290 g/mol. The van der Waals surface area contributed by atoms with Gasteiger partial charge in [-0.25, -0.2) is 5.84 Å². The second-order valence-corrected chi connectivity index (χ2v) is 4.01. The highest BCUT2D eigenvalue weighted by Crippen LogP contribution is 2.25. The Bertz CT molecular complexity index is 367. The Morgan fingerprint density at radius 1 is 1.60 bits per heavy atom. The van der Waals surface area contributed by atoms with Crippen LogP contribution in [0.1, 0.15) is 6.92 Å². The van der Waals surface area contributed by atoms with Gasteiger partial charge in [0.05, 0.1) is 5.69 Å². The smallest absolute Gasteiger partial charge is 0.210 e. The molecule has 0 unspecified atom stereocenters. The van der Waals surface area contributed by atoms with E-state index < -0.39 is 0 Å². The van der Waals surface area contributed by atoms with Crippen molar-refractivity contribution in [3.05, 3.63) is 27.7 Å². The van der Waals surface area contributed by atoms with Crippen LogP contribution in [0.15, 0.2) is 27.7 Å². The number of guanidine groups is 1. The van der Waals surface area contributed by atoms with E-state index in [0.29, 0.717) is 17.5 Å². The fourth-order valence-corrected chi connectivity index (χ4v) is 1.78. The molecule has 0 aliphatic heterocycles. The van der Waals surface area contributed by atoms with Gasteiger partial charge in [0.1, 0.15) is 0 Å². The third kappa shape index (κ3) is 3.70. The Balaban J connectivity index is 2.84. The van der Waals surface area contributed by atoms with E-state index in [4.69, 9.17) is 17.4 Å². The molecule has 1 aromatic rings. The molecular weight excluding hydrogens is 279 g/mol. The zero-order valence-electron chi connectivity index (χ0n) is 8.22. The van der Waals surface area contributed by atoms with Crippen LogP contribution in [-0.2, 0) is 0 Å². The molecule has 0 aliphatic rings. The van der Waals surface area contributed by atoms with Gasteiger partial charge in [-0.3, -0.25) is 10.4 Å². The number of rotatable bonds is 2. The summed E-state index contributed by atoms with van der Waals surface area (Å²) in [6.07, 6.45) is 0. The van der Waals surface area contributed by atoms with E-state index in [9.17, 15) is 0 Å². The average Bonchev–Trinajstić information content (AvgIpc) is 2.21. The van der Waals surface area contributed by atoms with Crippen LogP contribution in [0.4, 0.5) is 5.69 Å². The molecule has 0 bridgehead atoms. The minimum atomic E-state index is 0.514. The van der Waals surface area contributed by atoms with Gasteiger partial charge < -0.3 is 5.32 Å².